The number of hydrogen-bond acceptors (Lipinski definition) is 4. The summed E-state index contributed by atoms with van der Waals surface area (Å²) in [5.74, 6) is 0. The number of benzene rings is 1. The second-order valence-electron chi connectivity index (χ2n) is 5.13. The van der Waals surface area contributed by atoms with Crippen molar-refractivity contribution in [2.24, 2.45) is 0 Å². The van der Waals surface area contributed by atoms with Gasteiger partial charge in [-0.2, -0.15) is 0 Å². The van der Waals surface area contributed by atoms with E-state index < -0.39 is 0 Å². The van der Waals surface area contributed by atoms with Gasteiger partial charge in [0.15, 0.2) is 0 Å². The Morgan fingerprint density at radius 1 is 1.21 bits per heavy atom. The zero-order chi connectivity index (χ0) is 14.2. The summed E-state index contributed by atoms with van der Waals surface area (Å²) in [6.45, 7) is 8.55. The van der Waals surface area contributed by atoms with Gasteiger partial charge in [0, 0.05) is 23.5 Å². The van der Waals surface area contributed by atoms with E-state index in [9.17, 15) is 10.1 Å². The molecule has 0 atom stereocenters. The number of fused-ring (bicyclic) bond motifs is 1. The van der Waals surface area contributed by atoms with Gasteiger partial charge in [0.1, 0.15) is 4.70 Å². The topological polar surface area (TPSA) is 46.4 Å². The molecule has 0 radical (unpaired) electrons. The van der Waals surface area contributed by atoms with Gasteiger partial charge in [0.05, 0.1) is 9.92 Å². The van der Waals surface area contributed by atoms with E-state index in [0.29, 0.717) is 12.1 Å². The van der Waals surface area contributed by atoms with Gasteiger partial charge in [-0.25, -0.2) is 0 Å². The van der Waals surface area contributed by atoms with Crippen LogP contribution in [0, 0.1) is 10.1 Å². The standard InChI is InChI=1S/C14H18N2O2S/c1-9(2)15(10(3)4)13-8-11-6-5-7-12(16(17)18)14(11)19-13/h5-10H,1-4H3. The van der Waals surface area contributed by atoms with Crippen molar-refractivity contribution < 1.29 is 4.92 Å². The van der Waals surface area contributed by atoms with E-state index in [1.54, 1.807) is 12.1 Å². The highest BCUT2D eigenvalue weighted by Gasteiger charge is 2.20. The van der Waals surface area contributed by atoms with Crippen molar-refractivity contribution >= 4 is 32.1 Å². The van der Waals surface area contributed by atoms with Crippen molar-refractivity contribution in [1.82, 2.24) is 0 Å². The molecule has 0 saturated heterocycles. The van der Waals surface area contributed by atoms with E-state index >= 15 is 0 Å². The summed E-state index contributed by atoms with van der Waals surface area (Å²) >= 11 is 1.50. The van der Waals surface area contributed by atoms with Crippen molar-refractivity contribution in [3.63, 3.8) is 0 Å². The molecule has 0 bridgehead atoms. The molecular formula is C14H18N2O2S. The number of thiophene rings is 1. The minimum Gasteiger partial charge on any atom is -0.359 e. The second-order valence-corrected chi connectivity index (χ2v) is 6.16. The van der Waals surface area contributed by atoms with Crippen LogP contribution in [0.25, 0.3) is 10.1 Å². The zero-order valence-corrected chi connectivity index (χ0v) is 12.4. The monoisotopic (exact) mass is 278 g/mol. The molecule has 0 fully saturated rings. The molecule has 1 aromatic carbocycles. The maximum atomic E-state index is 11.1. The van der Waals surface area contributed by atoms with Crippen molar-refractivity contribution in [1.29, 1.82) is 0 Å². The molecule has 0 spiro atoms. The number of nitro groups is 1. The smallest absolute Gasteiger partial charge is 0.287 e. The Morgan fingerprint density at radius 2 is 1.84 bits per heavy atom. The quantitative estimate of drug-likeness (QED) is 0.614. The molecule has 102 valence electrons. The molecule has 0 N–H and O–H groups in total. The third-order valence-corrected chi connectivity index (χ3v) is 4.26. The van der Waals surface area contributed by atoms with Crippen LogP contribution in [0.5, 0.6) is 0 Å². The van der Waals surface area contributed by atoms with Crippen molar-refractivity contribution in [2.45, 2.75) is 39.8 Å². The number of anilines is 1. The van der Waals surface area contributed by atoms with E-state index in [0.717, 1.165) is 15.1 Å². The van der Waals surface area contributed by atoms with Crippen LogP contribution in [0.4, 0.5) is 10.7 Å². The highest BCUT2D eigenvalue weighted by Crippen LogP contribution is 2.39. The lowest BCUT2D eigenvalue weighted by Crippen LogP contribution is -2.36. The molecule has 4 nitrogen and oxygen atoms in total. The molecule has 19 heavy (non-hydrogen) atoms. The second kappa shape index (κ2) is 5.17. The summed E-state index contributed by atoms with van der Waals surface area (Å²) in [6.07, 6.45) is 0. The Morgan fingerprint density at radius 3 is 2.37 bits per heavy atom. The Balaban J connectivity index is 2.58. The summed E-state index contributed by atoms with van der Waals surface area (Å²) in [7, 11) is 0. The first-order valence-corrected chi connectivity index (χ1v) is 7.18. The van der Waals surface area contributed by atoms with Crippen LogP contribution in [0.15, 0.2) is 24.3 Å². The lowest BCUT2D eigenvalue weighted by molar-refractivity contribution is -0.382. The van der Waals surface area contributed by atoms with Crippen LogP contribution in [0.2, 0.25) is 0 Å². The predicted octanol–water partition coefficient (Wildman–Crippen LogP) is 4.43. The van der Waals surface area contributed by atoms with Crippen molar-refractivity contribution in [3.05, 3.63) is 34.4 Å². The van der Waals surface area contributed by atoms with Crippen LogP contribution in [0.1, 0.15) is 27.7 Å². The summed E-state index contributed by atoms with van der Waals surface area (Å²) in [6, 6.07) is 8.03. The average Bonchev–Trinajstić information content (AvgIpc) is 2.69. The van der Waals surface area contributed by atoms with Gasteiger partial charge in [0.2, 0.25) is 0 Å². The van der Waals surface area contributed by atoms with Gasteiger partial charge in [-0.3, -0.25) is 10.1 Å². The molecular weight excluding hydrogens is 260 g/mol. The Kier molecular flexibility index (Phi) is 3.75. The van der Waals surface area contributed by atoms with Crippen LogP contribution in [0.3, 0.4) is 0 Å². The van der Waals surface area contributed by atoms with Gasteiger partial charge in [-0.1, -0.05) is 12.1 Å². The number of rotatable bonds is 4. The van der Waals surface area contributed by atoms with Crippen molar-refractivity contribution in [2.75, 3.05) is 4.90 Å². The first kappa shape index (κ1) is 13.8. The van der Waals surface area contributed by atoms with E-state index in [-0.39, 0.29) is 10.6 Å². The fourth-order valence-electron chi connectivity index (χ4n) is 2.41. The van der Waals surface area contributed by atoms with Gasteiger partial charge in [-0.05, 0) is 33.8 Å². The molecule has 0 unspecified atom stereocenters. The molecule has 0 amide bonds. The van der Waals surface area contributed by atoms with Gasteiger partial charge >= 0.3 is 0 Å². The number of hydrogen-bond donors (Lipinski definition) is 0. The minimum atomic E-state index is -0.308. The number of nitrogens with zero attached hydrogens (tertiary/aromatic N) is 2. The van der Waals surface area contributed by atoms with Gasteiger partial charge < -0.3 is 4.90 Å². The van der Waals surface area contributed by atoms with E-state index in [1.165, 1.54) is 11.3 Å². The van der Waals surface area contributed by atoms with Crippen LogP contribution >= 0.6 is 11.3 Å². The van der Waals surface area contributed by atoms with E-state index in [1.807, 2.05) is 12.1 Å². The Hall–Kier alpha value is -1.62. The lowest BCUT2D eigenvalue weighted by atomic mass is 10.2. The molecule has 0 aliphatic rings. The molecule has 5 heteroatoms. The molecule has 0 saturated carbocycles. The molecule has 1 aromatic heterocycles. The largest absolute Gasteiger partial charge is 0.359 e. The maximum Gasteiger partial charge on any atom is 0.287 e. The normalized spacial score (nSPS) is 11.5. The summed E-state index contributed by atoms with van der Waals surface area (Å²) < 4.78 is 0.758. The van der Waals surface area contributed by atoms with Gasteiger partial charge in [-0.15, -0.1) is 11.3 Å². The highest BCUT2D eigenvalue weighted by atomic mass is 32.1. The zero-order valence-electron chi connectivity index (χ0n) is 11.6. The summed E-state index contributed by atoms with van der Waals surface area (Å²) in [5.41, 5.74) is 0.196. The van der Waals surface area contributed by atoms with Crippen molar-refractivity contribution in [3.8, 4) is 0 Å². The Bertz CT molecular complexity index is 597. The lowest BCUT2D eigenvalue weighted by Gasteiger charge is -2.31. The highest BCUT2D eigenvalue weighted by molar-refractivity contribution is 7.23. The molecule has 1 heterocycles. The fraction of sp³-hybridized carbons (Fsp3) is 0.429. The fourth-order valence-corrected chi connectivity index (χ4v) is 3.82. The Labute approximate surface area is 116 Å². The average molecular weight is 278 g/mol. The summed E-state index contributed by atoms with van der Waals surface area (Å²) in [5, 5.41) is 13.1. The molecule has 0 aliphatic carbocycles. The number of nitro benzene ring substituents is 1. The van der Waals surface area contributed by atoms with E-state index in [2.05, 4.69) is 32.6 Å². The SMILES string of the molecule is CC(C)N(c1cc2cccc([N+](=O)[O-])c2s1)C(C)C. The van der Waals surface area contributed by atoms with E-state index in [4.69, 9.17) is 0 Å². The maximum absolute atomic E-state index is 11.1. The third kappa shape index (κ3) is 2.56. The summed E-state index contributed by atoms with van der Waals surface area (Å²) in [4.78, 5) is 13.0. The third-order valence-electron chi connectivity index (χ3n) is 3.07. The van der Waals surface area contributed by atoms with Crippen LogP contribution in [-0.4, -0.2) is 17.0 Å². The van der Waals surface area contributed by atoms with Gasteiger partial charge in [0.25, 0.3) is 5.69 Å². The van der Waals surface area contributed by atoms with Crippen LogP contribution in [-0.2, 0) is 0 Å². The molecule has 2 aromatic rings. The molecule has 0 aliphatic heterocycles. The van der Waals surface area contributed by atoms with Crippen LogP contribution < -0.4 is 4.90 Å². The molecule has 2 rings (SSSR count). The first-order chi connectivity index (χ1) is 8.91. The number of non-ortho nitro benzene ring substituents is 1. The predicted molar refractivity (Wildman–Crippen MR) is 81.2 cm³/mol. The first-order valence-electron chi connectivity index (χ1n) is 6.37. The minimum absolute atomic E-state index is 0.196.